The summed E-state index contributed by atoms with van der Waals surface area (Å²) in [4.78, 5) is 22.1. The molecule has 1 unspecified atom stereocenters. The van der Waals surface area contributed by atoms with Gasteiger partial charge in [0.2, 0.25) is 5.91 Å². The molecule has 10 heteroatoms. The fraction of sp³-hybridized carbons (Fsp3) is 0.273. The highest BCUT2D eigenvalue weighted by atomic mass is 79.9. The molecule has 0 saturated heterocycles. The highest BCUT2D eigenvalue weighted by Gasteiger charge is 2.28. The Morgan fingerprint density at radius 3 is 2.48 bits per heavy atom. The number of halogens is 4. The minimum atomic E-state index is -4.57. The number of carbonyl (C=O) groups is 2. The fourth-order valence-electron chi connectivity index (χ4n) is 1.31. The van der Waals surface area contributed by atoms with Crippen LogP contribution >= 0.6 is 15.9 Å². The highest BCUT2D eigenvalue weighted by Crippen LogP contribution is 2.20. The van der Waals surface area contributed by atoms with E-state index in [2.05, 4.69) is 15.9 Å². The van der Waals surface area contributed by atoms with Crippen LogP contribution in [-0.2, 0) is 15.6 Å². The van der Waals surface area contributed by atoms with Crippen LogP contribution in [0.2, 0.25) is 0 Å². The van der Waals surface area contributed by atoms with Gasteiger partial charge in [0.05, 0.1) is 21.3 Å². The van der Waals surface area contributed by atoms with Crippen LogP contribution in [0.1, 0.15) is 10.4 Å². The molecule has 1 amide bonds. The Labute approximate surface area is 128 Å². The standard InChI is InChI=1S/C11H9BrF3NO4S/c12-6-1-2-7(10(18)19)8(3-6)21(20)4-9(17)16-5-11(13,14)15/h1-3H,4-5H2,(H,16,17)(H,18,19). The summed E-state index contributed by atoms with van der Waals surface area (Å²) in [7, 11) is -2.07. The number of alkyl halides is 3. The molecule has 0 aliphatic heterocycles. The van der Waals surface area contributed by atoms with E-state index in [4.69, 9.17) is 5.11 Å². The normalized spacial score (nSPS) is 12.8. The van der Waals surface area contributed by atoms with Crippen LogP contribution in [0, 0.1) is 0 Å². The summed E-state index contributed by atoms with van der Waals surface area (Å²) < 4.78 is 48.2. The first-order valence-electron chi connectivity index (χ1n) is 5.35. The van der Waals surface area contributed by atoms with Crippen molar-refractivity contribution in [3.05, 3.63) is 28.2 Å². The van der Waals surface area contributed by atoms with E-state index >= 15 is 0 Å². The lowest BCUT2D eigenvalue weighted by Crippen LogP contribution is -2.36. The van der Waals surface area contributed by atoms with Crippen molar-refractivity contribution in [3.63, 3.8) is 0 Å². The topological polar surface area (TPSA) is 83.5 Å². The van der Waals surface area contributed by atoms with E-state index in [0.717, 1.165) is 0 Å². The van der Waals surface area contributed by atoms with E-state index in [1.54, 1.807) is 5.32 Å². The van der Waals surface area contributed by atoms with Crippen molar-refractivity contribution in [3.8, 4) is 0 Å². The van der Waals surface area contributed by atoms with Crippen LogP contribution in [0.15, 0.2) is 27.6 Å². The van der Waals surface area contributed by atoms with Crippen molar-refractivity contribution in [2.45, 2.75) is 11.1 Å². The predicted molar refractivity (Wildman–Crippen MR) is 71.4 cm³/mol. The SMILES string of the molecule is O=C(CS(=O)c1cc(Br)ccc1C(=O)O)NCC(F)(F)F. The number of amides is 1. The van der Waals surface area contributed by atoms with Gasteiger partial charge in [-0.2, -0.15) is 13.2 Å². The van der Waals surface area contributed by atoms with Gasteiger partial charge in [0.15, 0.2) is 0 Å². The number of hydrogen-bond donors (Lipinski definition) is 2. The van der Waals surface area contributed by atoms with Crippen molar-refractivity contribution in [2.75, 3.05) is 12.3 Å². The number of carboxylic acids is 1. The lowest BCUT2D eigenvalue weighted by atomic mass is 10.2. The molecule has 0 fully saturated rings. The predicted octanol–water partition coefficient (Wildman–Crippen LogP) is 1.93. The Hall–Kier alpha value is -1.42. The molecule has 0 aromatic heterocycles. The van der Waals surface area contributed by atoms with Crippen LogP contribution in [-0.4, -0.2) is 39.7 Å². The summed E-state index contributed by atoms with van der Waals surface area (Å²) in [6.45, 7) is -1.53. The van der Waals surface area contributed by atoms with Crippen molar-refractivity contribution in [1.29, 1.82) is 0 Å². The molecule has 1 rings (SSSR count). The Morgan fingerprint density at radius 2 is 1.95 bits per heavy atom. The Morgan fingerprint density at radius 1 is 1.33 bits per heavy atom. The average Bonchev–Trinajstić information content (AvgIpc) is 2.35. The first-order valence-corrected chi connectivity index (χ1v) is 7.46. The number of nitrogens with one attached hydrogen (secondary N) is 1. The largest absolute Gasteiger partial charge is 0.478 e. The zero-order valence-corrected chi connectivity index (χ0v) is 12.6. The van der Waals surface area contributed by atoms with Crippen molar-refractivity contribution in [2.24, 2.45) is 0 Å². The van der Waals surface area contributed by atoms with E-state index in [9.17, 15) is 27.0 Å². The molecule has 0 aliphatic carbocycles. The summed E-state index contributed by atoms with van der Waals surface area (Å²) in [6.07, 6.45) is -4.57. The van der Waals surface area contributed by atoms with Gasteiger partial charge in [0.1, 0.15) is 12.3 Å². The van der Waals surface area contributed by atoms with Gasteiger partial charge in [-0.1, -0.05) is 15.9 Å². The number of carbonyl (C=O) groups excluding carboxylic acids is 1. The van der Waals surface area contributed by atoms with E-state index in [1.807, 2.05) is 0 Å². The number of aromatic carboxylic acids is 1. The van der Waals surface area contributed by atoms with Crippen LogP contribution < -0.4 is 5.32 Å². The molecular formula is C11H9BrF3NO4S. The van der Waals surface area contributed by atoms with Crippen molar-refractivity contribution < 1.29 is 32.1 Å². The minimum absolute atomic E-state index is 0.140. The second-order valence-corrected chi connectivity index (χ2v) is 6.16. The first kappa shape index (κ1) is 17.6. The zero-order valence-electron chi connectivity index (χ0n) is 10.2. The second-order valence-electron chi connectivity index (χ2n) is 3.83. The van der Waals surface area contributed by atoms with Gasteiger partial charge in [0.25, 0.3) is 0 Å². The van der Waals surface area contributed by atoms with Gasteiger partial charge >= 0.3 is 12.1 Å². The molecule has 0 bridgehead atoms. The average molecular weight is 388 g/mol. The molecule has 21 heavy (non-hydrogen) atoms. The molecular weight excluding hydrogens is 379 g/mol. The second kappa shape index (κ2) is 7.03. The third-order valence-electron chi connectivity index (χ3n) is 2.17. The van der Waals surface area contributed by atoms with Gasteiger partial charge in [-0.15, -0.1) is 0 Å². The molecule has 1 atom stereocenters. The number of carboxylic acid groups (broad SMARTS) is 1. The van der Waals surface area contributed by atoms with E-state index < -0.39 is 41.1 Å². The Kier molecular flexibility index (Phi) is 5.90. The van der Waals surface area contributed by atoms with Crippen LogP contribution in [0.25, 0.3) is 0 Å². The summed E-state index contributed by atoms with van der Waals surface area (Å²) in [5.41, 5.74) is -0.278. The maximum atomic E-state index is 11.9. The maximum Gasteiger partial charge on any atom is 0.405 e. The van der Waals surface area contributed by atoms with Gasteiger partial charge in [-0.25, -0.2) is 4.79 Å². The van der Waals surface area contributed by atoms with Crippen molar-refractivity contribution in [1.82, 2.24) is 5.32 Å². The summed E-state index contributed by atoms with van der Waals surface area (Å²) in [6, 6.07) is 3.84. The maximum absolute atomic E-state index is 11.9. The third-order valence-corrected chi connectivity index (χ3v) is 4.01. The lowest BCUT2D eigenvalue weighted by molar-refractivity contribution is -0.136. The fourth-order valence-corrected chi connectivity index (χ4v) is 2.98. The summed E-state index contributed by atoms with van der Waals surface area (Å²) >= 11 is 3.06. The molecule has 116 valence electrons. The van der Waals surface area contributed by atoms with Crippen LogP contribution in [0.3, 0.4) is 0 Å². The molecule has 0 saturated carbocycles. The monoisotopic (exact) mass is 387 g/mol. The molecule has 0 heterocycles. The van der Waals surface area contributed by atoms with E-state index in [-0.39, 0.29) is 10.5 Å². The molecule has 1 aromatic rings. The molecule has 2 N–H and O–H groups in total. The smallest absolute Gasteiger partial charge is 0.405 e. The lowest BCUT2D eigenvalue weighted by Gasteiger charge is -2.09. The van der Waals surface area contributed by atoms with Gasteiger partial charge in [0, 0.05) is 4.47 Å². The number of rotatable bonds is 5. The van der Waals surface area contributed by atoms with Crippen molar-refractivity contribution >= 4 is 38.6 Å². The molecule has 0 spiro atoms. The number of hydrogen-bond acceptors (Lipinski definition) is 3. The minimum Gasteiger partial charge on any atom is -0.478 e. The number of benzene rings is 1. The Balaban J connectivity index is 2.82. The van der Waals surface area contributed by atoms with Crippen LogP contribution in [0.4, 0.5) is 13.2 Å². The van der Waals surface area contributed by atoms with Gasteiger partial charge < -0.3 is 10.4 Å². The Bertz CT molecular complexity index is 591. The third kappa shape index (κ3) is 5.84. The van der Waals surface area contributed by atoms with E-state index in [0.29, 0.717) is 4.47 Å². The molecule has 1 aromatic carbocycles. The van der Waals surface area contributed by atoms with E-state index in [1.165, 1.54) is 18.2 Å². The zero-order chi connectivity index (χ0) is 16.2. The van der Waals surface area contributed by atoms with Gasteiger partial charge in [-0.3, -0.25) is 9.00 Å². The van der Waals surface area contributed by atoms with Gasteiger partial charge in [-0.05, 0) is 18.2 Å². The molecule has 0 radical (unpaired) electrons. The molecule has 0 aliphatic rings. The summed E-state index contributed by atoms with van der Waals surface area (Å²) in [5.74, 6) is -3.18. The van der Waals surface area contributed by atoms with Crippen LogP contribution in [0.5, 0.6) is 0 Å². The highest BCUT2D eigenvalue weighted by molar-refractivity contribution is 9.10. The summed E-state index contributed by atoms with van der Waals surface area (Å²) in [5, 5.41) is 10.5. The molecule has 5 nitrogen and oxygen atoms in total. The first-order chi connectivity index (χ1) is 9.60. The quantitative estimate of drug-likeness (QED) is 0.808.